The third-order valence-electron chi connectivity index (χ3n) is 2.51. The lowest BCUT2D eigenvalue weighted by atomic mass is 10.2. The molecule has 7 heteroatoms. The van der Waals surface area contributed by atoms with Gasteiger partial charge in [-0.05, 0) is 25.0 Å². The monoisotopic (exact) mass is 272 g/mol. The average Bonchev–Trinajstić information content (AvgIpc) is 2.32. The van der Waals surface area contributed by atoms with E-state index in [4.69, 9.17) is 5.11 Å². The largest absolute Gasteiger partial charge is 0.480 e. The maximum Gasteiger partial charge on any atom is 0.326 e. The summed E-state index contributed by atoms with van der Waals surface area (Å²) in [7, 11) is 0. The second-order valence-electron chi connectivity index (χ2n) is 3.98. The maximum atomic E-state index is 13.4. The maximum absolute atomic E-state index is 13.4. The quantitative estimate of drug-likeness (QED) is 0.786. The highest BCUT2D eigenvalue weighted by Gasteiger charge is 2.18. The Kier molecular flexibility index (Phi) is 4.80. The number of aliphatic carboxylic acids is 1. The van der Waals surface area contributed by atoms with Crippen molar-refractivity contribution in [1.29, 1.82) is 0 Å². The second-order valence-corrected chi connectivity index (χ2v) is 3.98. The number of rotatable bonds is 4. The van der Waals surface area contributed by atoms with Crippen LogP contribution < -0.4 is 10.6 Å². The van der Waals surface area contributed by atoms with Crippen LogP contribution in [-0.2, 0) is 4.79 Å². The summed E-state index contributed by atoms with van der Waals surface area (Å²) in [6.45, 7) is 2.96. The number of carbonyl (C=O) groups is 2. The third kappa shape index (κ3) is 3.90. The highest BCUT2D eigenvalue weighted by Crippen LogP contribution is 2.18. The number of hydrogen-bond acceptors (Lipinski definition) is 2. The minimum Gasteiger partial charge on any atom is -0.480 e. The van der Waals surface area contributed by atoms with Crippen molar-refractivity contribution in [2.24, 2.45) is 0 Å². The Labute approximate surface area is 108 Å². The SMILES string of the molecule is CCC(NC(=O)Nc1cc(F)c(C)cc1F)C(=O)O. The molecule has 1 unspecified atom stereocenters. The van der Waals surface area contributed by atoms with Gasteiger partial charge in [0.1, 0.15) is 17.7 Å². The number of urea groups is 1. The fourth-order valence-electron chi connectivity index (χ4n) is 1.40. The van der Waals surface area contributed by atoms with Gasteiger partial charge in [-0.2, -0.15) is 0 Å². The van der Waals surface area contributed by atoms with Crippen LogP contribution in [0.4, 0.5) is 19.3 Å². The van der Waals surface area contributed by atoms with Gasteiger partial charge in [-0.1, -0.05) is 6.92 Å². The molecule has 0 radical (unpaired) electrons. The minimum atomic E-state index is -1.20. The lowest BCUT2D eigenvalue weighted by Crippen LogP contribution is -2.42. The summed E-state index contributed by atoms with van der Waals surface area (Å²) >= 11 is 0. The van der Waals surface area contributed by atoms with Gasteiger partial charge in [0.05, 0.1) is 5.69 Å². The number of benzene rings is 1. The predicted molar refractivity (Wildman–Crippen MR) is 65.0 cm³/mol. The van der Waals surface area contributed by atoms with Crippen molar-refractivity contribution in [3.63, 3.8) is 0 Å². The summed E-state index contributed by atoms with van der Waals surface area (Å²) in [5.41, 5.74) is -0.235. The van der Waals surface area contributed by atoms with E-state index >= 15 is 0 Å². The summed E-state index contributed by atoms with van der Waals surface area (Å²) in [6, 6.07) is -0.208. The molecule has 5 nitrogen and oxygen atoms in total. The predicted octanol–water partition coefficient (Wildman–Crippen LogP) is 2.26. The molecule has 104 valence electrons. The van der Waals surface area contributed by atoms with Crippen molar-refractivity contribution in [3.8, 4) is 0 Å². The van der Waals surface area contributed by atoms with E-state index in [9.17, 15) is 18.4 Å². The molecule has 3 N–H and O–H groups in total. The molecule has 0 aliphatic rings. The van der Waals surface area contributed by atoms with Crippen molar-refractivity contribution < 1.29 is 23.5 Å². The van der Waals surface area contributed by atoms with Gasteiger partial charge in [0, 0.05) is 6.07 Å². The molecule has 0 fully saturated rings. The zero-order chi connectivity index (χ0) is 14.6. The Morgan fingerprint density at radius 2 is 1.95 bits per heavy atom. The van der Waals surface area contributed by atoms with Crippen LogP contribution >= 0.6 is 0 Å². The number of halogens is 2. The van der Waals surface area contributed by atoms with Crippen LogP contribution in [0.5, 0.6) is 0 Å². The lowest BCUT2D eigenvalue weighted by molar-refractivity contribution is -0.139. The van der Waals surface area contributed by atoms with Crippen molar-refractivity contribution in [3.05, 3.63) is 29.3 Å². The molecule has 1 atom stereocenters. The smallest absolute Gasteiger partial charge is 0.326 e. The number of aryl methyl sites for hydroxylation is 1. The Hall–Kier alpha value is -2.18. The summed E-state index contributed by atoms with van der Waals surface area (Å²) in [5, 5.41) is 13.0. The summed E-state index contributed by atoms with van der Waals surface area (Å²) in [6.07, 6.45) is 0.174. The van der Waals surface area contributed by atoms with Gasteiger partial charge in [0.2, 0.25) is 0 Å². The van der Waals surface area contributed by atoms with E-state index in [-0.39, 0.29) is 17.7 Å². The number of hydrogen-bond donors (Lipinski definition) is 3. The summed E-state index contributed by atoms with van der Waals surface area (Å²) < 4.78 is 26.7. The summed E-state index contributed by atoms with van der Waals surface area (Å²) in [4.78, 5) is 22.2. The zero-order valence-corrected chi connectivity index (χ0v) is 10.5. The lowest BCUT2D eigenvalue weighted by Gasteiger charge is -2.13. The topological polar surface area (TPSA) is 78.4 Å². The van der Waals surface area contributed by atoms with Crippen LogP contribution in [0.3, 0.4) is 0 Å². The Morgan fingerprint density at radius 1 is 1.32 bits per heavy atom. The molecule has 0 heterocycles. The van der Waals surface area contributed by atoms with Crippen LogP contribution in [-0.4, -0.2) is 23.1 Å². The second kappa shape index (κ2) is 6.12. The first-order valence-electron chi connectivity index (χ1n) is 5.61. The van der Waals surface area contributed by atoms with Gasteiger partial charge in [-0.15, -0.1) is 0 Å². The van der Waals surface area contributed by atoms with Crippen LogP contribution in [0.2, 0.25) is 0 Å². The van der Waals surface area contributed by atoms with E-state index in [2.05, 4.69) is 10.6 Å². The van der Waals surface area contributed by atoms with Crippen molar-refractivity contribution in [2.75, 3.05) is 5.32 Å². The molecule has 1 aromatic carbocycles. The molecule has 0 saturated carbocycles. The highest BCUT2D eigenvalue weighted by atomic mass is 19.1. The molecule has 0 saturated heterocycles. The summed E-state index contributed by atoms with van der Waals surface area (Å²) in [5.74, 6) is -2.66. The van der Waals surface area contributed by atoms with Crippen molar-refractivity contribution in [2.45, 2.75) is 26.3 Å². The number of nitrogens with one attached hydrogen (secondary N) is 2. The van der Waals surface area contributed by atoms with Crippen molar-refractivity contribution >= 4 is 17.7 Å². The van der Waals surface area contributed by atoms with E-state index in [1.54, 1.807) is 6.92 Å². The van der Waals surface area contributed by atoms with Gasteiger partial charge in [0.15, 0.2) is 0 Å². The van der Waals surface area contributed by atoms with Gasteiger partial charge >= 0.3 is 12.0 Å². The molecule has 1 aromatic rings. The van der Waals surface area contributed by atoms with Crippen LogP contribution in [0, 0.1) is 18.6 Å². The van der Waals surface area contributed by atoms with Gasteiger partial charge in [0.25, 0.3) is 0 Å². The van der Waals surface area contributed by atoms with Crippen molar-refractivity contribution in [1.82, 2.24) is 5.32 Å². The van der Waals surface area contributed by atoms with E-state index in [0.29, 0.717) is 0 Å². The molecule has 0 bridgehead atoms. The molecular weight excluding hydrogens is 258 g/mol. The van der Waals surface area contributed by atoms with Gasteiger partial charge < -0.3 is 15.7 Å². The number of carboxylic acids is 1. The molecule has 2 amide bonds. The molecule has 0 spiro atoms. The normalized spacial score (nSPS) is 11.8. The molecule has 19 heavy (non-hydrogen) atoms. The van der Waals surface area contributed by atoms with Crippen LogP contribution in [0.25, 0.3) is 0 Å². The Morgan fingerprint density at radius 3 is 2.47 bits per heavy atom. The van der Waals surface area contributed by atoms with E-state index in [1.807, 2.05) is 0 Å². The molecule has 1 rings (SSSR count). The Balaban J connectivity index is 2.77. The first-order valence-corrected chi connectivity index (χ1v) is 5.61. The highest BCUT2D eigenvalue weighted by molar-refractivity contribution is 5.92. The minimum absolute atomic E-state index is 0.112. The number of anilines is 1. The van der Waals surface area contributed by atoms with E-state index < -0.39 is 29.7 Å². The number of amides is 2. The van der Waals surface area contributed by atoms with Crippen LogP contribution in [0.1, 0.15) is 18.9 Å². The van der Waals surface area contributed by atoms with Gasteiger partial charge in [-0.3, -0.25) is 0 Å². The zero-order valence-electron chi connectivity index (χ0n) is 10.5. The molecule has 0 aromatic heterocycles. The molecule has 0 aliphatic heterocycles. The van der Waals surface area contributed by atoms with E-state index in [0.717, 1.165) is 12.1 Å². The Bertz CT molecular complexity index is 506. The fourth-order valence-corrected chi connectivity index (χ4v) is 1.40. The fraction of sp³-hybridized carbons (Fsp3) is 0.333. The van der Waals surface area contributed by atoms with Crippen LogP contribution in [0.15, 0.2) is 12.1 Å². The third-order valence-corrected chi connectivity index (χ3v) is 2.51. The first kappa shape index (κ1) is 14.9. The van der Waals surface area contributed by atoms with E-state index in [1.165, 1.54) is 6.92 Å². The molecule has 0 aliphatic carbocycles. The number of carbonyl (C=O) groups excluding carboxylic acids is 1. The molecular formula is C12H14F2N2O3. The number of carboxylic acid groups (broad SMARTS) is 1. The average molecular weight is 272 g/mol. The first-order chi connectivity index (χ1) is 8.85. The standard InChI is InChI=1S/C12H14F2N2O3/c1-3-9(11(17)18)15-12(19)16-10-5-7(13)6(2)4-8(10)14/h4-5,9H,3H2,1-2H3,(H,17,18)(H2,15,16,19). The van der Waals surface area contributed by atoms with Gasteiger partial charge in [-0.25, -0.2) is 18.4 Å².